The molecule has 1 aromatic rings. The van der Waals surface area contributed by atoms with E-state index in [2.05, 4.69) is 38.2 Å². The average Bonchev–Trinajstić information content (AvgIpc) is 2.81. The molecule has 8 heteroatoms. The summed E-state index contributed by atoms with van der Waals surface area (Å²) in [6.07, 6.45) is 17.5. The van der Waals surface area contributed by atoms with Gasteiger partial charge in [-0.1, -0.05) is 51.0 Å². The number of unbranched alkanes of at least 4 members (excludes halogenated alkanes) is 6. The fourth-order valence-corrected chi connectivity index (χ4v) is 3.56. The molecular weight excluding hydrogens is 456 g/mol. The summed E-state index contributed by atoms with van der Waals surface area (Å²) in [5.74, 6) is -1.57. The first-order valence-electron chi connectivity index (χ1n) is 12.1. The molecule has 0 atom stereocenters. The summed E-state index contributed by atoms with van der Waals surface area (Å²) in [6.45, 7) is 4.54. The predicted octanol–water partition coefficient (Wildman–Crippen LogP) is 6.30. The van der Waals surface area contributed by atoms with E-state index in [1.54, 1.807) is 0 Å². The van der Waals surface area contributed by atoms with Crippen LogP contribution in [0.5, 0.6) is 0 Å². The summed E-state index contributed by atoms with van der Waals surface area (Å²) < 4.78 is 42.9. The van der Waals surface area contributed by atoms with Crippen LogP contribution in [0, 0.1) is 0 Å². The Morgan fingerprint density at radius 3 is 1.71 bits per heavy atom. The Bertz CT molecular complexity index is 917. The van der Waals surface area contributed by atoms with E-state index in [0.29, 0.717) is 12.8 Å². The van der Waals surface area contributed by atoms with Crippen LogP contribution in [0.3, 0.4) is 0 Å². The number of hydrogen-bond acceptors (Lipinski definition) is 6. The van der Waals surface area contributed by atoms with Gasteiger partial charge >= 0.3 is 11.9 Å². The number of hydrogen-bond donors (Lipinski definition) is 1. The van der Waals surface area contributed by atoms with Crippen molar-refractivity contribution in [2.45, 2.75) is 83.0 Å². The summed E-state index contributed by atoms with van der Waals surface area (Å²) in [5.41, 5.74) is -0.340. The molecular formula is C26H38O7S. The molecule has 190 valence electrons. The Morgan fingerprint density at radius 2 is 1.24 bits per heavy atom. The Hall–Kier alpha value is -2.45. The van der Waals surface area contributed by atoms with Gasteiger partial charge in [0.2, 0.25) is 0 Å². The van der Waals surface area contributed by atoms with Crippen LogP contribution in [0.15, 0.2) is 47.4 Å². The molecule has 0 aliphatic rings. The molecule has 0 radical (unpaired) electrons. The number of benzene rings is 1. The number of carbonyl (C=O) groups is 2. The highest BCUT2D eigenvalue weighted by Gasteiger charge is 2.23. The molecule has 0 unspecified atom stereocenters. The molecule has 0 aromatic heterocycles. The molecule has 7 nitrogen and oxygen atoms in total. The molecule has 0 fully saturated rings. The van der Waals surface area contributed by atoms with Gasteiger partial charge in [0.05, 0.1) is 29.2 Å². The largest absolute Gasteiger partial charge is 0.462 e. The van der Waals surface area contributed by atoms with Crippen molar-refractivity contribution in [3.63, 3.8) is 0 Å². The second-order valence-corrected chi connectivity index (χ2v) is 9.39. The monoisotopic (exact) mass is 494 g/mol. The van der Waals surface area contributed by atoms with E-state index in [0.717, 1.165) is 69.6 Å². The van der Waals surface area contributed by atoms with Crippen molar-refractivity contribution in [3.05, 3.63) is 53.6 Å². The van der Waals surface area contributed by atoms with E-state index < -0.39 is 27.0 Å². The minimum atomic E-state index is -4.55. The van der Waals surface area contributed by atoms with Crippen LogP contribution in [-0.4, -0.2) is 38.1 Å². The van der Waals surface area contributed by atoms with Gasteiger partial charge in [0.25, 0.3) is 10.1 Å². The molecule has 0 saturated carbocycles. The molecule has 0 aliphatic heterocycles. The van der Waals surface area contributed by atoms with Gasteiger partial charge in [-0.25, -0.2) is 9.59 Å². The molecule has 0 amide bonds. The predicted molar refractivity (Wildman–Crippen MR) is 133 cm³/mol. The molecule has 0 spiro atoms. The third-order valence-electron chi connectivity index (χ3n) is 4.97. The topological polar surface area (TPSA) is 107 Å². The fourth-order valence-electron chi connectivity index (χ4n) is 3.05. The van der Waals surface area contributed by atoms with Crippen molar-refractivity contribution in [2.75, 3.05) is 13.2 Å². The lowest BCUT2D eigenvalue weighted by Crippen LogP contribution is -2.16. The summed E-state index contributed by atoms with van der Waals surface area (Å²) in [6, 6.07) is 3.16. The standard InChI is InChI=1S/C26H38O7S/c1-3-5-7-9-11-13-15-19-32-25(27)23-18-17-22(34(29,30)31)21-24(23)26(28)33-20-16-14-12-10-8-6-4-2/h7-10,17-18,21H,3-6,11-16,19-20H2,1-2H3,(H,29,30,31)/b9-7+,10-8+. The van der Waals surface area contributed by atoms with Gasteiger partial charge in [-0.15, -0.1) is 0 Å². The number of ether oxygens (including phenoxy) is 2. The molecule has 1 aromatic carbocycles. The quantitative estimate of drug-likeness (QED) is 0.117. The molecule has 1 rings (SSSR count). The van der Waals surface area contributed by atoms with Gasteiger partial charge in [0.1, 0.15) is 0 Å². The van der Waals surface area contributed by atoms with E-state index in [1.807, 2.05) is 0 Å². The van der Waals surface area contributed by atoms with Gasteiger partial charge in [-0.05, 0) is 69.6 Å². The lowest BCUT2D eigenvalue weighted by molar-refractivity contribution is 0.0451. The molecule has 0 aliphatic carbocycles. The maximum Gasteiger partial charge on any atom is 0.339 e. The Morgan fingerprint density at radius 1 is 0.765 bits per heavy atom. The highest BCUT2D eigenvalue weighted by Crippen LogP contribution is 2.19. The minimum absolute atomic E-state index is 0.0947. The molecule has 0 bridgehead atoms. The Balaban J connectivity index is 2.70. The molecule has 0 heterocycles. The highest BCUT2D eigenvalue weighted by atomic mass is 32.2. The van der Waals surface area contributed by atoms with E-state index in [-0.39, 0.29) is 24.3 Å². The van der Waals surface area contributed by atoms with Crippen molar-refractivity contribution in [1.82, 2.24) is 0 Å². The van der Waals surface area contributed by atoms with Crippen LogP contribution in [-0.2, 0) is 19.6 Å². The minimum Gasteiger partial charge on any atom is -0.462 e. The first kappa shape index (κ1) is 29.6. The van der Waals surface area contributed by atoms with Crippen LogP contribution < -0.4 is 0 Å². The van der Waals surface area contributed by atoms with E-state index >= 15 is 0 Å². The van der Waals surface area contributed by atoms with Crippen molar-refractivity contribution >= 4 is 22.1 Å². The summed E-state index contributed by atoms with van der Waals surface area (Å²) >= 11 is 0. The van der Waals surface area contributed by atoms with Crippen molar-refractivity contribution in [1.29, 1.82) is 0 Å². The maximum absolute atomic E-state index is 12.6. The van der Waals surface area contributed by atoms with Crippen molar-refractivity contribution in [2.24, 2.45) is 0 Å². The molecule has 0 saturated heterocycles. The molecule has 34 heavy (non-hydrogen) atoms. The molecule has 1 N–H and O–H groups in total. The van der Waals surface area contributed by atoms with Gasteiger partial charge in [0.15, 0.2) is 0 Å². The van der Waals surface area contributed by atoms with Gasteiger partial charge in [0, 0.05) is 0 Å². The maximum atomic E-state index is 12.6. The smallest absolute Gasteiger partial charge is 0.339 e. The van der Waals surface area contributed by atoms with Gasteiger partial charge in [-0.3, -0.25) is 4.55 Å². The van der Waals surface area contributed by atoms with Crippen LogP contribution in [0.25, 0.3) is 0 Å². The number of rotatable bonds is 17. The Kier molecular flexibility index (Phi) is 14.8. The summed E-state index contributed by atoms with van der Waals surface area (Å²) in [5, 5.41) is 0. The van der Waals surface area contributed by atoms with E-state index in [1.165, 1.54) is 0 Å². The zero-order valence-electron chi connectivity index (χ0n) is 20.3. The van der Waals surface area contributed by atoms with E-state index in [9.17, 15) is 22.6 Å². The average molecular weight is 495 g/mol. The third kappa shape index (κ3) is 12.1. The summed E-state index contributed by atoms with van der Waals surface area (Å²) in [4.78, 5) is 24.6. The van der Waals surface area contributed by atoms with Crippen LogP contribution in [0.2, 0.25) is 0 Å². The Labute approximate surface area is 204 Å². The lowest BCUT2D eigenvalue weighted by Gasteiger charge is -2.11. The SMILES string of the molecule is CCC/C=C/CCCCOC(=O)c1ccc(S(=O)(=O)O)cc1C(=O)OCCCC/C=C/CCC. The van der Waals surface area contributed by atoms with E-state index in [4.69, 9.17) is 9.47 Å². The summed E-state index contributed by atoms with van der Waals surface area (Å²) in [7, 11) is -4.55. The normalized spacial score (nSPS) is 11.9. The van der Waals surface area contributed by atoms with Crippen LogP contribution in [0.1, 0.15) is 98.8 Å². The number of carbonyl (C=O) groups excluding carboxylic acids is 2. The first-order chi connectivity index (χ1) is 16.3. The number of allylic oxidation sites excluding steroid dienone is 4. The fraction of sp³-hybridized carbons (Fsp3) is 0.538. The van der Waals surface area contributed by atoms with Crippen LogP contribution in [0.4, 0.5) is 0 Å². The van der Waals surface area contributed by atoms with Gasteiger partial charge in [-0.2, -0.15) is 8.42 Å². The first-order valence-corrected chi connectivity index (χ1v) is 13.5. The number of esters is 2. The second-order valence-electron chi connectivity index (χ2n) is 7.97. The van der Waals surface area contributed by atoms with Gasteiger partial charge < -0.3 is 9.47 Å². The zero-order valence-corrected chi connectivity index (χ0v) is 21.1. The third-order valence-corrected chi connectivity index (χ3v) is 5.82. The highest BCUT2D eigenvalue weighted by molar-refractivity contribution is 7.85. The second kappa shape index (κ2) is 17.1. The van der Waals surface area contributed by atoms with Crippen molar-refractivity contribution in [3.8, 4) is 0 Å². The zero-order chi connectivity index (χ0) is 25.2. The van der Waals surface area contributed by atoms with Crippen LogP contribution >= 0.6 is 0 Å². The lowest BCUT2D eigenvalue weighted by atomic mass is 10.1. The van der Waals surface area contributed by atoms with Crippen molar-refractivity contribution < 1.29 is 32.0 Å².